The van der Waals surface area contributed by atoms with Crippen molar-refractivity contribution in [2.75, 3.05) is 0 Å². The van der Waals surface area contributed by atoms with E-state index in [0.717, 1.165) is 34.7 Å². The van der Waals surface area contributed by atoms with Crippen molar-refractivity contribution >= 4 is 50.0 Å². The van der Waals surface area contributed by atoms with E-state index in [1.165, 1.54) is 21.5 Å². The maximum Gasteiger partial charge on any atom is 0.312 e. The molecule has 13 heteroatoms. The van der Waals surface area contributed by atoms with Gasteiger partial charge in [0.1, 0.15) is 5.01 Å². The standard InChI is InChI=1S/C26H24ClN7O3S2/c1-15-4-6-17(7-5-15)39(36,37)34-20(16-11-31-33(2)14-16)10-18-22(19(27)12-29-23(18)34)21-13-30-24(38-21)26(8-3-9-26)32-25(28)35/h4-7,10-14H,3,8-9H2,1-2H3,(H3,28,32,35). The molecule has 3 N–H and O–H groups in total. The lowest BCUT2D eigenvalue weighted by Gasteiger charge is -2.40. The van der Waals surface area contributed by atoms with Crippen molar-refractivity contribution in [3.8, 4) is 21.7 Å². The number of hydrogen-bond acceptors (Lipinski definition) is 7. The summed E-state index contributed by atoms with van der Waals surface area (Å²) >= 11 is 8.10. The van der Waals surface area contributed by atoms with Crippen LogP contribution >= 0.6 is 22.9 Å². The molecule has 1 aliphatic rings. The molecule has 39 heavy (non-hydrogen) atoms. The van der Waals surface area contributed by atoms with Crippen LogP contribution in [0.5, 0.6) is 0 Å². The second-order valence-electron chi connectivity index (χ2n) is 9.69. The molecule has 1 saturated carbocycles. The molecule has 2 amide bonds. The number of carbonyl (C=O) groups is 1. The van der Waals surface area contributed by atoms with Crippen LogP contribution in [0.25, 0.3) is 32.7 Å². The molecule has 0 radical (unpaired) electrons. The van der Waals surface area contributed by atoms with Crippen LogP contribution in [0.4, 0.5) is 4.79 Å². The van der Waals surface area contributed by atoms with Crippen LogP contribution in [0.15, 0.2) is 60.0 Å². The fraction of sp³-hybridized carbons (Fsp3) is 0.231. The fourth-order valence-electron chi connectivity index (χ4n) is 4.93. The largest absolute Gasteiger partial charge is 0.352 e. The van der Waals surface area contributed by atoms with E-state index in [2.05, 4.69) is 20.4 Å². The second-order valence-corrected chi connectivity index (χ2v) is 12.9. The van der Waals surface area contributed by atoms with E-state index in [0.29, 0.717) is 27.2 Å². The quantitative estimate of drug-likeness (QED) is 0.295. The zero-order valence-electron chi connectivity index (χ0n) is 21.1. The minimum Gasteiger partial charge on any atom is -0.352 e. The number of thiazole rings is 1. The number of aryl methyl sites for hydroxylation is 2. The van der Waals surface area contributed by atoms with Crippen LogP contribution in [-0.2, 0) is 22.6 Å². The topological polar surface area (TPSA) is 138 Å². The van der Waals surface area contributed by atoms with Crippen LogP contribution in [0, 0.1) is 6.92 Å². The molecule has 1 aliphatic carbocycles. The molecule has 1 aromatic carbocycles. The summed E-state index contributed by atoms with van der Waals surface area (Å²) in [5.41, 5.74) is 7.65. The predicted molar refractivity (Wildman–Crippen MR) is 150 cm³/mol. The van der Waals surface area contributed by atoms with Gasteiger partial charge in [0.15, 0.2) is 5.65 Å². The SMILES string of the molecule is Cc1ccc(S(=O)(=O)n2c(-c3cnn(C)c3)cc3c(-c4cnc(C5(NC(N)=O)CCC5)s4)c(Cl)cnc32)cc1. The molecule has 0 atom stereocenters. The van der Waals surface area contributed by atoms with Crippen molar-refractivity contribution in [2.24, 2.45) is 12.8 Å². The lowest BCUT2D eigenvalue weighted by molar-refractivity contribution is 0.182. The highest BCUT2D eigenvalue weighted by Crippen LogP contribution is 2.47. The number of primary amides is 1. The zero-order valence-corrected chi connectivity index (χ0v) is 23.4. The summed E-state index contributed by atoms with van der Waals surface area (Å²) in [6.07, 6.45) is 8.92. The first-order chi connectivity index (χ1) is 18.6. The molecule has 200 valence electrons. The summed E-state index contributed by atoms with van der Waals surface area (Å²) in [6, 6.07) is 7.85. The van der Waals surface area contributed by atoms with Crippen molar-refractivity contribution in [3.63, 3.8) is 0 Å². The first-order valence-electron chi connectivity index (χ1n) is 12.1. The second kappa shape index (κ2) is 9.18. The lowest BCUT2D eigenvalue weighted by Crippen LogP contribution is -2.52. The summed E-state index contributed by atoms with van der Waals surface area (Å²) in [7, 11) is -2.28. The summed E-state index contributed by atoms with van der Waals surface area (Å²) in [5, 5.41) is 8.73. The maximum absolute atomic E-state index is 14.0. The van der Waals surface area contributed by atoms with Crippen molar-refractivity contribution in [1.29, 1.82) is 0 Å². The molecule has 0 aliphatic heterocycles. The number of nitrogens with two attached hydrogens (primary N) is 1. The molecule has 1 fully saturated rings. The molecule has 4 aromatic heterocycles. The minimum absolute atomic E-state index is 0.138. The van der Waals surface area contributed by atoms with Crippen molar-refractivity contribution in [3.05, 3.63) is 70.7 Å². The van der Waals surface area contributed by atoms with Crippen LogP contribution < -0.4 is 11.1 Å². The lowest BCUT2D eigenvalue weighted by atomic mass is 9.77. The Balaban J connectivity index is 1.58. The van der Waals surface area contributed by atoms with E-state index in [-0.39, 0.29) is 10.5 Å². The number of fused-ring (bicyclic) bond motifs is 1. The molecule has 6 rings (SSSR count). The summed E-state index contributed by atoms with van der Waals surface area (Å²) in [5.74, 6) is 0. The number of amides is 2. The Morgan fingerprint density at radius 3 is 2.51 bits per heavy atom. The van der Waals surface area contributed by atoms with Crippen molar-refractivity contribution < 1.29 is 13.2 Å². The Bertz CT molecular complexity index is 1850. The van der Waals surface area contributed by atoms with Gasteiger partial charge in [0.05, 0.1) is 32.2 Å². The first kappa shape index (κ1) is 25.5. The number of hydrogen-bond donors (Lipinski definition) is 2. The van der Waals surface area contributed by atoms with Gasteiger partial charge in [-0.05, 0) is 44.4 Å². The van der Waals surface area contributed by atoms with Gasteiger partial charge < -0.3 is 11.1 Å². The average Bonchev–Trinajstić information content (AvgIpc) is 3.60. The number of nitrogens with one attached hydrogen (secondary N) is 1. The molecular weight excluding hydrogens is 558 g/mol. The van der Waals surface area contributed by atoms with Crippen molar-refractivity contribution in [1.82, 2.24) is 29.0 Å². The molecule has 0 unspecified atom stereocenters. The number of halogens is 1. The van der Waals surface area contributed by atoms with E-state index in [4.69, 9.17) is 17.3 Å². The third kappa shape index (κ3) is 4.19. The van der Waals surface area contributed by atoms with Gasteiger partial charge in [-0.3, -0.25) is 4.68 Å². The van der Waals surface area contributed by atoms with Gasteiger partial charge in [0.25, 0.3) is 10.0 Å². The van der Waals surface area contributed by atoms with Crippen LogP contribution in [0.3, 0.4) is 0 Å². The summed E-state index contributed by atoms with van der Waals surface area (Å²) in [6.45, 7) is 1.90. The molecule has 4 heterocycles. The van der Waals surface area contributed by atoms with Gasteiger partial charge in [0, 0.05) is 42.2 Å². The highest BCUT2D eigenvalue weighted by Gasteiger charge is 2.42. The van der Waals surface area contributed by atoms with E-state index < -0.39 is 21.6 Å². The Labute approximate surface area is 233 Å². The maximum atomic E-state index is 14.0. The minimum atomic E-state index is -4.05. The Morgan fingerprint density at radius 1 is 1.15 bits per heavy atom. The number of aromatic nitrogens is 5. The van der Waals surface area contributed by atoms with Gasteiger partial charge in [-0.1, -0.05) is 29.3 Å². The third-order valence-corrected chi connectivity index (χ3v) is 10.3. The molecule has 5 aromatic rings. The number of pyridine rings is 1. The van der Waals surface area contributed by atoms with Gasteiger partial charge in [-0.15, -0.1) is 11.3 Å². The molecule has 0 spiro atoms. The van der Waals surface area contributed by atoms with Crippen LogP contribution in [0.2, 0.25) is 5.02 Å². The first-order valence-corrected chi connectivity index (χ1v) is 14.8. The highest BCUT2D eigenvalue weighted by atomic mass is 35.5. The number of carbonyl (C=O) groups excluding carboxylic acids is 1. The number of rotatable bonds is 6. The van der Waals surface area contributed by atoms with Gasteiger partial charge >= 0.3 is 6.03 Å². The van der Waals surface area contributed by atoms with E-state index in [1.807, 2.05) is 6.92 Å². The fourth-order valence-corrected chi connectivity index (χ4v) is 7.91. The van der Waals surface area contributed by atoms with E-state index in [1.54, 1.807) is 60.7 Å². The number of urea groups is 1. The number of benzene rings is 1. The zero-order chi connectivity index (χ0) is 27.5. The van der Waals surface area contributed by atoms with Crippen LogP contribution in [0.1, 0.15) is 29.8 Å². The smallest absolute Gasteiger partial charge is 0.312 e. The monoisotopic (exact) mass is 581 g/mol. The average molecular weight is 582 g/mol. The predicted octanol–water partition coefficient (Wildman–Crippen LogP) is 4.81. The van der Waals surface area contributed by atoms with Crippen LogP contribution in [-0.4, -0.2) is 38.2 Å². The van der Waals surface area contributed by atoms with Crippen molar-refractivity contribution in [2.45, 2.75) is 36.6 Å². The molecule has 0 saturated heterocycles. The van der Waals surface area contributed by atoms with Gasteiger partial charge in [-0.2, -0.15) is 5.10 Å². The van der Waals surface area contributed by atoms with E-state index in [9.17, 15) is 13.2 Å². The Hall–Kier alpha value is -3.74. The number of nitrogens with zero attached hydrogens (tertiary/aromatic N) is 5. The normalized spacial score (nSPS) is 14.8. The Kier molecular flexibility index (Phi) is 6.01. The highest BCUT2D eigenvalue weighted by molar-refractivity contribution is 7.90. The molecule has 0 bridgehead atoms. The molecule has 10 nitrogen and oxygen atoms in total. The van der Waals surface area contributed by atoms with Gasteiger partial charge in [0.2, 0.25) is 0 Å². The van der Waals surface area contributed by atoms with E-state index >= 15 is 0 Å². The van der Waals surface area contributed by atoms with Gasteiger partial charge in [-0.25, -0.2) is 27.2 Å². The molecular formula is C26H24ClN7O3S2. The summed E-state index contributed by atoms with van der Waals surface area (Å²) < 4.78 is 30.9. The summed E-state index contributed by atoms with van der Waals surface area (Å²) in [4.78, 5) is 21.6. The third-order valence-electron chi connectivity index (χ3n) is 7.03. The Morgan fingerprint density at radius 2 is 1.90 bits per heavy atom.